The monoisotopic (exact) mass is 390 g/mol. The van der Waals surface area contributed by atoms with Crippen LogP contribution in [0.1, 0.15) is 33.1 Å². The van der Waals surface area contributed by atoms with Gasteiger partial charge in [0.2, 0.25) is 0 Å². The Morgan fingerprint density at radius 1 is 1.04 bits per heavy atom. The molecule has 28 heavy (non-hydrogen) atoms. The molecular formula is C23H19ClN2O2. The minimum Gasteiger partial charge on any atom is -0.324 e. The van der Waals surface area contributed by atoms with Crippen LogP contribution in [0.4, 0.5) is 5.69 Å². The number of amides is 2. The summed E-state index contributed by atoms with van der Waals surface area (Å²) in [6, 6.07) is 21.5. The zero-order chi connectivity index (χ0) is 19.7. The number of rotatable bonds is 4. The summed E-state index contributed by atoms with van der Waals surface area (Å²) < 4.78 is 0. The molecule has 3 aromatic rings. The molecule has 0 aromatic heterocycles. The molecule has 0 saturated heterocycles. The van der Waals surface area contributed by atoms with Gasteiger partial charge in [-0.1, -0.05) is 66.2 Å². The molecule has 1 aliphatic rings. The molecule has 1 heterocycles. The van der Waals surface area contributed by atoms with Gasteiger partial charge >= 0.3 is 0 Å². The first-order valence-electron chi connectivity index (χ1n) is 9.05. The van der Waals surface area contributed by atoms with Crippen LogP contribution in [0.3, 0.4) is 0 Å². The predicted octanol–water partition coefficient (Wildman–Crippen LogP) is 4.98. The van der Waals surface area contributed by atoms with Gasteiger partial charge in [0.1, 0.15) is 6.04 Å². The van der Waals surface area contributed by atoms with Gasteiger partial charge in [-0.15, -0.1) is 0 Å². The van der Waals surface area contributed by atoms with Gasteiger partial charge in [0.05, 0.1) is 0 Å². The molecular weight excluding hydrogens is 372 g/mol. The van der Waals surface area contributed by atoms with E-state index in [9.17, 15) is 9.59 Å². The fourth-order valence-electron chi connectivity index (χ4n) is 3.47. The molecule has 0 spiro atoms. The van der Waals surface area contributed by atoms with Crippen LogP contribution in [-0.4, -0.2) is 16.7 Å². The van der Waals surface area contributed by atoms with Crippen LogP contribution in [0.5, 0.6) is 0 Å². The highest BCUT2D eigenvalue weighted by Crippen LogP contribution is 2.32. The van der Waals surface area contributed by atoms with E-state index in [0.29, 0.717) is 22.8 Å². The van der Waals surface area contributed by atoms with Crippen molar-refractivity contribution in [2.45, 2.75) is 19.5 Å². The summed E-state index contributed by atoms with van der Waals surface area (Å²) >= 11 is 6.19. The van der Waals surface area contributed by atoms with Crippen LogP contribution < -0.4 is 5.32 Å². The summed E-state index contributed by atoms with van der Waals surface area (Å²) in [5.41, 5.74) is 3.88. The van der Waals surface area contributed by atoms with Crippen LogP contribution in [-0.2, 0) is 11.3 Å². The van der Waals surface area contributed by atoms with Crippen LogP contribution >= 0.6 is 11.6 Å². The van der Waals surface area contributed by atoms with Gasteiger partial charge in [-0.3, -0.25) is 9.59 Å². The number of halogens is 1. The lowest BCUT2D eigenvalue weighted by molar-refractivity contribution is -0.120. The highest BCUT2D eigenvalue weighted by atomic mass is 35.5. The van der Waals surface area contributed by atoms with E-state index in [2.05, 4.69) is 5.32 Å². The van der Waals surface area contributed by atoms with E-state index in [0.717, 1.165) is 16.7 Å². The number of nitrogens with zero attached hydrogens (tertiary/aromatic N) is 1. The SMILES string of the molecule is Cc1ccc(NC(=O)C(c2ccccc2)N2Cc3ccccc3C2=O)cc1Cl. The Morgan fingerprint density at radius 2 is 1.75 bits per heavy atom. The maximum absolute atomic E-state index is 13.2. The van der Waals surface area contributed by atoms with E-state index in [1.807, 2.05) is 67.6 Å². The minimum absolute atomic E-state index is 0.137. The van der Waals surface area contributed by atoms with Crippen molar-refractivity contribution in [2.75, 3.05) is 5.32 Å². The number of aryl methyl sites for hydroxylation is 1. The lowest BCUT2D eigenvalue weighted by atomic mass is 10.0. The van der Waals surface area contributed by atoms with E-state index < -0.39 is 6.04 Å². The van der Waals surface area contributed by atoms with Gasteiger partial charge in [-0.2, -0.15) is 0 Å². The number of nitrogens with one attached hydrogen (secondary N) is 1. The molecule has 1 N–H and O–H groups in total. The molecule has 0 bridgehead atoms. The molecule has 4 nitrogen and oxygen atoms in total. The molecule has 3 aromatic carbocycles. The first-order valence-corrected chi connectivity index (χ1v) is 9.43. The van der Waals surface area contributed by atoms with Crippen LogP contribution in [0.2, 0.25) is 5.02 Å². The van der Waals surface area contributed by atoms with E-state index >= 15 is 0 Å². The first-order chi connectivity index (χ1) is 13.5. The molecule has 1 unspecified atom stereocenters. The zero-order valence-electron chi connectivity index (χ0n) is 15.4. The lowest BCUT2D eigenvalue weighted by Crippen LogP contribution is -2.37. The van der Waals surface area contributed by atoms with E-state index in [1.54, 1.807) is 17.0 Å². The fourth-order valence-corrected chi connectivity index (χ4v) is 3.66. The second-order valence-corrected chi connectivity index (χ2v) is 7.26. The molecule has 0 fully saturated rings. The second-order valence-electron chi connectivity index (χ2n) is 6.86. The highest BCUT2D eigenvalue weighted by Gasteiger charge is 2.37. The second kappa shape index (κ2) is 7.49. The Hall–Kier alpha value is -3.11. The maximum Gasteiger partial charge on any atom is 0.255 e. The Kier molecular flexibility index (Phi) is 4.88. The van der Waals surface area contributed by atoms with E-state index in [4.69, 9.17) is 11.6 Å². The van der Waals surface area contributed by atoms with Crippen molar-refractivity contribution in [3.8, 4) is 0 Å². The quantitative estimate of drug-likeness (QED) is 0.682. The number of anilines is 1. The van der Waals surface area contributed by atoms with Gasteiger partial charge in [-0.25, -0.2) is 0 Å². The average molecular weight is 391 g/mol. The number of fused-ring (bicyclic) bond motifs is 1. The molecule has 0 radical (unpaired) electrons. The maximum atomic E-state index is 13.2. The molecule has 4 rings (SSSR count). The predicted molar refractivity (Wildman–Crippen MR) is 110 cm³/mol. The Bertz CT molecular complexity index is 1050. The number of hydrogen-bond donors (Lipinski definition) is 1. The van der Waals surface area contributed by atoms with Crippen molar-refractivity contribution in [3.63, 3.8) is 0 Å². The Balaban J connectivity index is 1.68. The van der Waals surface area contributed by atoms with Gasteiger partial charge in [0, 0.05) is 22.8 Å². The first kappa shape index (κ1) is 18.3. The van der Waals surface area contributed by atoms with Crippen LogP contribution in [0.15, 0.2) is 72.8 Å². The lowest BCUT2D eigenvalue weighted by Gasteiger charge is -2.27. The minimum atomic E-state index is -0.735. The number of carbonyl (C=O) groups is 2. The number of hydrogen-bond acceptors (Lipinski definition) is 2. The zero-order valence-corrected chi connectivity index (χ0v) is 16.1. The van der Waals surface area contributed by atoms with Gasteiger partial charge in [-0.05, 0) is 41.8 Å². The third-order valence-electron chi connectivity index (χ3n) is 4.96. The van der Waals surface area contributed by atoms with Gasteiger partial charge in [0.15, 0.2) is 0 Å². The number of carbonyl (C=O) groups excluding carboxylic acids is 2. The molecule has 2 amide bonds. The van der Waals surface area contributed by atoms with E-state index in [1.165, 1.54) is 0 Å². The van der Waals surface area contributed by atoms with Crippen molar-refractivity contribution < 1.29 is 9.59 Å². The third kappa shape index (κ3) is 3.39. The summed E-state index contributed by atoms with van der Waals surface area (Å²) in [7, 11) is 0. The summed E-state index contributed by atoms with van der Waals surface area (Å²) in [5.74, 6) is -0.409. The molecule has 0 saturated carbocycles. The van der Waals surface area contributed by atoms with E-state index in [-0.39, 0.29) is 11.8 Å². The largest absolute Gasteiger partial charge is 0.324 e. The Morgan fingerprint density at radius 3 is 2.46 bits per heavy atom. The smallest absolute Gasteiger partial charge is 0.255 e. The van der Waals surface area contributed by atoms with Crippen molar-refractivity contribution in [1.82, 2.24) is 4.90 Å². The summed E-state index contributed by atoms with van der Waals surface area (Å²) in [4.78, 5) is 27.9. The molecule has 1 atom stereocenters. The number of benzene rings is 3. The topological polar surface area (TPSA) is 49.4 Å². The fraction of sp³-hybridized carbons (Fsp3) is 0.130. The summed E-state index contributed by atoms with van der Waals surface area (Å²) in [6.07, 6.45) is 0. The van der Waals surface area contributed by atoms with Crippen molar-refractivity contribution >= 4 is 29.1 Å². The van der Waals surface area contributed by atoms with Gasteiger partial charge < -0.3 is 10.2 Å². The average Bonchev–Trinajstić information content (AvgIpc) is 3.02. The van der Waals surface area contributed by atoms with Crippen molar-refractivity contribution in [1.29, 1.82) is 0 Å². The van der Waals surface area contributed by atoms with Crippen LogP contribution in [0.25, 0.3) is 0 Å². The standard InChI is InChI=1S/C23H19ClN2O2/c1-15-11-12-18(13-20(15)24)25-22(27)21(16-7-3-2-4-8-16)26-14-17-9-5-6-10-19(17)23(26)28/h2-13,21H,14H2,1H3,(H,25,27). The third-order valence-corrected chi connectivity index (χ3v) is 5.37. The molecule has 1 aliphatic heterocycles. The van der Waals surface area contributed by atoms with Crippen molar-refractivity contribution in [3.05, 3.63) is 100 Å². The Labute approximate surface area is 168 Å². The molecule has 140 valence electrons. The highest BCUT2D eigenvalue weighted by molar-refractivity contribution is 6.31. The summed E-state index contributed by atoms with van der Waals surface area (Å²) in [6.45, 7) is 2.30. The van der Waals surface area contributed by atoms with Gasteiger partial charge in [0.25, 0.3) is 11.8 Å². The molecule has 0 aliphatic carbocycles. The summed E-state index contributed by atoms with van der Waals surface area (Å²) in [5, 5.41) is 3.50. The van der Waals surface area contributed by atoms with Crippen molar-refractivity contribution in [2.24, 2.45) is 0 Å². The normalized spacial score (nSPS) is 13.9. The van der Waals surface area contributed by atoms with Crippen LogP contribution in [0, 0.1) is 6.92 Å². The molecule has 5 heteroatoms.